The third-order valence-corrected chi connectivity index (χ3v) is 2.21. The zero-order valence-electron chi connectivity index (χ0n) is 8.28. The SMILES string of the molecule is [CH]1C=CC=CC=CCCCCCC1. The molecule has 1 rings (SSSR count). The molecule has 13 heavy (non-hydrogen) atoms. The van der Waals surface area contributed by atoms with Gasteiger partial charge in [-0.2, -0.15) is 0 Å². The second-order valence-corrected chi connectivity index (χ2v) is 3.43. The lowest BCUT2D eigenvalue weighted by atomic mass is 10.1. The van der Waals surface area contributed by atoms with E-state index in [1.165, 1.54) is 38.5 Å². The van der Waals surface area contributed by atoms with Crippen LogP contribution in [0.3, 0.4) is 0 Å². The quantitative estimate of drug-likeness (QED) is 0.517. The minimum Gasteiger partial charge on any atom is -0.0845 e. The Morgan fingerprint density at radius 2 is 1.23 bits per heavy atom. The predicted octanol–water partition coefficient (Wildman–Crippen LogP) is 4.21. The largest absolute Gasteiger partial charge is 0.0845 e. The average molecular weight is 175 g/mol. The summed E-state index contributed by atoms with van der Waals surface area (Å²) in [6.45, 7) is 0. The van der Waals surface area contributed by atoms with Gasteiger partial charge in [-0.05, 0) is 25.7 Å². The molecule has 0 fully saturated rings. The number of hydrogen-bond acceptors (Lipinski definition) is 0. The molecule has 0 aromatic carbocycles. The van der Waals surface area contributed by atoms with Crippen LogP contribution in [0.15, 0.2) is 36.5 Å². The van der Waals surface area contributed by atoms with Crippen molar-refractivity contribution in [1.29, 1.82) is 0 Å². The summed E-state index contributed by atoms with van der Waals surface area (Å²) < 4.78 is 0. The highest BCUT2D eigenvalue weighted by Crippen LogP contribution is 2.08. The van der Waals surface area contributed by atoms with Crippen LogP contribution in [0.4, 0.5) is 0 Å². The zero-order valence-corrected chi connectivity index (χ0v) is 8.28. The first-order valence-corrected chi connectivity index (χ1v) is 5.32. The molecule has 1 aliphatic rings. The molecule has 0 amide bonds. The Kier molecular flexibility index (Phi) is 6.22. The van der Waals surface area contributed by atoms with E-state index in [0.717, 1.165) is 0 Å². The summed E-state index contributed by atoms with van der Waals surface area (Å²) in [6, 6.07) is 0. The molecular weight excluding hydrogens is 156 g/mol. The molecule has 0 unspecified atom stereocenters. The molecule has 71 valence electrons. The Labute approximate surface area is 82.0 Å². The first-order chi connectivity index (χ1) is 6.50. The summed E-state index contributed by atoms with van der Waals surface area (Å²) in [4.78, 5) is 0. The van der Waals surface area contributed by atoms with Gasteiger partial charge in [-0.25, -0.2) is 0 Å². The van der Waals surface area contributed by atoms with Crippen LogP contribution in [0.25, 0.3) is 0 Å². The van der Waals surface area contributed by atoms with E-state index in [-0.39, 0.29) is 0 Å². The Bertz CT molecular complexity index is 164. The second-order valence-electron chi connectivity index (χ2n) is 3.43. The van der Waals surface area contributed by atoms with Gasteiger partial charge in [0.25, 0.3) is 0 Å². The Morgan fingerprint density at radius 1 is 0.538 bits per heavy atom. The molecule has 0 heteroatoms. The standard InChI is InChI=1S/C13H19/c1-2-4-6-8-10-12-13-11-9-7-5-3-1/h1-7H,8-13H2. The van der Waals surface area contributed by atoms with Gasteiger partial charge in [0.2, 0.25) is 0 Å². The maximum atomic E-state index is 2.26. The molecule has 1 radical (unpaired) electrons. The van der Waals surface area contributed by atoms with Crippen molar-refractivity contribution in [2.45, 2.75) is 38.5 Å². The summed E-state index contributed by atoms with van der Waals surface area (Å²) in [5.74, 6) is 0. The van der Waals surface area contributed by atoms with E-state index in [9.17, 15) is 0 Å². The van der Waals surface area contributed by atoms with Gasteiger partial charge in [0.05, 0.1) is 0 Å². The lowest BCUT2D eigenvalue weighted by Gasteiger charge is -1.97. The van der Waals surface area contributed by atoms with Crippen molar-refractivity contribution in [3.8, 4) is 0 Å². The molecule has 0 aromatic heterocycles. The Hall–Kier alpha value is -0.780. The van der Waals surface area contributed by atoms with Gasteiger partial charge in [0.1, 0.15) is 0 Å². The number of rotatable bonds is 0. The topological polar surface area (TPSA) is 0 Å². The lowest BCUT2D eigenvalue weighted by Crippen LogP contribution is -1.78. The van der Waals surface area contributed by atoms with E-state index in [4.69, 9.17) is 0 Å². The molecule has 0 aromatic rings. The molecule has 0 nitrogen and oxygen atoms in total. The fourth-order valence-corrected chi connectivity index (χ4v) is 1.42. The van der Waals surface area contributed by atoms with E-state index in [1.54, 1.807) is 0 Å². The fourth-order valence-electron chi connectivity index (χ4n) is 1.42. The van der Waals surface area contributed by atoms with Crippen LogP contribution in [-0.4, -0.2) is 0 Å². The molecule has 1 aliphatic carbocycles. The Balaban J connectivity index is 2.29. The number of allylic oxidation sites excluding steroid dienone is 6. The maximum Gasteiger partial charge on any atom is -0.0167 e. The monoisotopic (exact) mass is 175 g/mol. The first kappa shape index (κ1) is 10.3. The fraction of sp³-hybridized carbons (Fsp3) is 0.462. The molecule has 0 saturated carbocycles. The van der Waals surface area contributed by atoms with Crippen molar-refractivity contribution in [2.24, 2.45) is 0 Å². The number of hydrogen-bond donors (Lipinski definition) is 0. The van der Waals surface area contributed by atoms with Crippen LogP contribution in [0.1, 0.15) is 38.5 Å². The van der Waals surface area contributed by atoms with Crippen LogP contribution in [0.2, 0.25) is 0 Å². The van der Waals surface area contributed by atoms with Gasteiger partial charge in [-0.3, -0.25) is 0 Å². The minimum absolute atomic E-state index is 1.23. The third-order valence-electron chi connectivity index (χ3n) is 2.21. The minimum atomic E-state index is 1.23. The van der Waals surface area contributed by atoms with E-state index in [1.807, 2.05) is 0 Å². The average Bonchev–Trinajstić information content (AvgIpc) is 2.18. The van der Waals surface area contributed by atoms with Crippen molar-refractivity contribution >= 4 is 0 Å². The van der Waals surface area contributed by atoms with Gasteiger partial charge in [0.15, 0.2) is 0 Å². The Morgan fingerprint density at radius 3 is 2.15 bits per heavy atom. The molecule has 0 saturated heterocycles. The van der Waals surface area contributed by atoms with E-state index in [0.29, 0.717) is 0 Å². The van der Waals surface area contributed by atoms with E-state index >= 15 is 0 Å². The molecular formula is C13H19. The summed E-state index contributed by atoms with van der Waals surface area (Å²) in [7, 11) is 0. The van der Waals surface area contributed by atoms with Crippen LogP contribution in [0.5, 0.6) is 0 Å². The molecule has 0 aliphatic heterocycles. The molecule has 0 spiro atoms. The van der Waals surface area contributed by atoms with Crippen molar-refractivity contribution < 1.29 is 0 Å². The first-order valence-electron chi connectivity index (χ1n) is 5.32. The van der Waals surface area contributed by atoms with Gasteiger partial charge < -0.3 is 0 Å². The zero-order chi connectivity index (χ0) is 9.19. The lowest BCUT2D eigenvalue weighted by molar-refractivity contribution is 0.646. The highest BCUT2D eigenvalue weighted by molar-refractivity contribution is 5.13. The van der Waals surface area contributed by atoms with Crippen LogP contribution < -0.4 is 0 Å². The maximum absolute atomic E-state index is 2.26. The molecule has 0 atom stereocenters. The van der Waals surface area contributed by atoms with Gasteiger partial charge in [0, 0.05) is 0 Å². The predicted molar refractivity (Wildman–Crippen MR) is 59.4 cm³/mol. The van der Waals surface area contributed by atoms with Gasteiger partial charge in [-0.15, -0.1) is 0 Å². The summed E-state index contributed by atoms with van der Waals surface area (Å²) >= 11 is 0. The van der Waals surface area contributed by atoms with Crippen molar-refractivity contribution in [2.75, 3.05) is 0 Å². The molecule has 0 N–H and O–H groups in total. The third kappa shape index (κ3) is 6.39. The summed E-state index contributed by atoms with van der Waals surface area (Å²) in [5.41, 5.74) is 0. The van der Waals surface area contributed by atoms with Crippen molar-refractivity contribution in [3.63, 3.8) is 0 Å². The van der Waals surface area contributed by atoms with Crippen LogP contribution in [-0.2, 0) is 0 Å². The smallest absolute Gasteiger partial charge is 0.0167 e. The van der Waals surface area contributed by atoms with Crippen LogP contribution >= 0.6 is 0 Å². The van der Waals surface area contributed by atoms with E-state index in [2.05, 4.69) is 42.9 Å². The van der Waals surface area contributed by atoms with Crippen molar-refractivity contribution in [1.82, 2.24) is 0 Å². The molecule has 0 heterocycles. The van der Waals surface area contributed by atoms with Gasteiger partial charge in [-0.1, -0.05) is 55.7 Å². The normalized spacial score (nSPS) is 20.3. The van der Waals surface area contributed by atoms with Crippen molar-refractivity contribution in [3.05, 3.63) is 42.9 Å². The summed E-state index contributed by atoms with van der Waals surface area (Å²) in [6.07, 6.45) is 23.0. The van der Waals surface area contributed by atoms with Gasteiger partial charge >= 0.3 is 0 Å². The second kappa shape index (κ2) is 7.85. The van der Waals surface area contributed by atoms with E-state index < -0.39 is 0 Å². The highest BCUT2D eigenvalue weighted by atomic mass is 13.9. The summed E-state index contributed by atoms with van der Waals surface area (Å²) in [5, 5.41) is 0. The van der Waals surface area contributed by atoms with Crippen LogP contribution in [0, 0.1) is 6.42 Å². The molecule has 0 bridgehead atoms. The highest BCUT2D eigenvalue weighted by Gasteiger charge is 1.88.